The quantitative estimate of drug-likeness (QED) is 0.0899. The molecule has 0 bridgehead atoms. The average molecular weight is 502 g/mol. The zero-order valence-corrected chi connectivity index (χ0v) is 24.4. The summed E-state index contributed by atoms with van der Waals surface area (Å²) in [5.41, 5.74) is 5.94. The van der Waals surface area contributed by atoms with Gasteiger partial charge >= 0.3 is 0 Å². The molecule has 33 heavy (non-hydrogen) atoms. The summed E-state index contributed by atoms with van der Waals surface area (Å²) in [4.78, 5) is 12.4. The Morgan fingerprint density at radius 2 is 0.818 bits per heavy atom. The van der Waals surface area contributed by atoms with Crippen LogP contribution in [-0.4, -0.2) is 21.5 Å². The number of rotatable bonds is 27. The van der Waals surface area contributed by atoms with Crippen LogP contribution in [0.2, 0.25) is 0 Å². The average Bonchev–Trinajstić information content (AvgIpc) is 2.80. The predicted octanol–water partition coefficient (Wildman–Crippen LogP) is 10.3. The van der Waals surface area contributed by atoms with Crippen LogP contribution >= 0.6 is 23.5 Å². The first-order chi connectivity index (χ1) is 16.1. The van der Waals surface area contributed by atoms with Gasteiger partial charge in [-0.25, -0.2) is 0 Å². The Morgan fingerprint density at radius 1 is 0.515 bits per heavy atom. The summed E-state index contributed by atoms with van der Waals surface area (Å²) in [5.74, 6) is 2.05. The van der Waals surface area contributed by atoms with Gasteiger partial charge in [0.15, 0.2) is 0 Å². The van der Waals surface area contributed by atoms with Crippen molar-refractivity contribution in [3.05, 3.63) is 0 Å². The van der Waals surface area contributed by atoms with Gasteiger partial charge in [0.25, 0.3) is 0 Å². The maximum absolute atomic E-state index is 12.4. The van der Waals surface area contributed by atoms with E-state index in [-0.39, 0.29) is 5.91 Å². The van der Waals surface area contributed by atoms with Crippen molar-refractivity contribution >= 4 is 29.4 Å². The molecule has 0 radical (unpaired) electrons. The molecule has 0 spiro atoms. The number of hydrogen-bond donors (Lipinski definition) is 1. The van der Waals surface area contributed by atoms with Crippen LogP contribution in [0.25, 0.3) is 0 Å². The van der Waals surface area contributed by atoms with Gasteiger partial charge in [-0.1, -0.05) is 143 Å². The first-order valence-electron chi connectivity index (χ1n) is 14.7. The Morgan fingerprint density at radius 3 is 1.09 bits per heavy atom. The zero-order chi connectivity index (χ0) is 24.5. The van der Waals surface area contributed by atoms with Gasteiger partial charge in [0.2, 0.25) is 5.91 Å². The lowest BCUT2D eigenvalue weighted by atomic mass is 10.1. The number of hydrogen-bond acceptors (Lipinski definition) is 3. The molecule has 2 nitrogen and oxygen atoms in total. The van der Waals surface area contributed by atoms with Crippen molar-refractivity contribution in [2.75, 3.05) is 11.5 Å². The minimum atomic E-state index is -0.396. The second kappa shape index (κ2) is 25.3. The van der Waals surface area contributed by atoms with Gasteiger partial charge in [-0.2, -0.15) is 0 Å². The molecule has 0 saturated carbocycles. The maximum atomic E-state index is 12.4. The van der Waals surface area contributed by atoms with Crippen molar-refractivity contribution in [2.24, 2.45) is 5.73 Å². The van der Waals surface area contributed by atoms with Crippen LogP contribution < -0.4 is 5.73 Å². The van der Waals surface area contributed by atoms with Crippen LogP contribution in [0.15, 0.2) is 0 Å². The number of primary amides is 1. The van der Waals surface area contributed by atoms with Gasteiger partial charge in [0.05, 0.1) is 0 Å². The normalized spacial score (nSPS) is 11.8. The lowest BCUT2D eigenvalue weighted by Crippen LogP contribution is -2.38. The van der Waals surface area contributed by atoms with E-state index >= 15 is 0 Å². The smallest absolute Gasteiger partial charge is 0.243 e. The fraction of sp³-hybridized carbons (Fsp3) is 0.966. The SMILES string of the molecule is CCCCCCCCCCCCSC(CCC)(SCCCCCCCCCCCC)C(N)=O. The van der Waals surface area contributed by atoms with Gasteiger partial charge in [-0.3, -0.25) is 4.79 Å². The van der Waals surface area contributed by atoms with Crippen LogP contribution in [0.4, 0.5) is 0 Å². The molecule has 198 valence electrons. The molecule has 4 heteroatoms. The third-order valence-corrected chi connectivity index (χ3v) is 10.1. The molecule has 0 aliphatic heterocycles. The third-order valence-electron chi connectivity index (χ3n) is 6.62. The molecule has 0 aliphatic rings. The van der Waals surface area contributed by atoms with Gasteiger partial charge in [0, 0.05) is 0 Å². The molecule has 0 aromatic rings. The minimum Gasteiger partial charge on any atom is -0.368 e. The van der Waals surface area contributed by atoms with Crippen LogP contribution in [-0.2, 0) is 4.79 Å². The number of unbranched alkanes of at least 4 members (excludes halogenated alkanes) is 18. The van der Waals surface area contributed by atoms with Crippen molar-refractivity contribution in [1.82, 2.24) is 0 Å². The molecule has 0 heterocycles. The lowest BCUT2D eigenvalue weighted by molar-refractivity contribution is -0.118. The zero-order valence-electron chi connectivity index (χ0n) is 22.8. The van der Waals surface area contributed by atoms with E-state index in [2.05, 4.69) is 20.8 Å². The van der Waals surface area contributed by atoms with E-state index in [4.69, 9.17) is 5.73 Å². The largest absolute Gasteiger partial charge is 0.368 e. The van der Waals surface area contributed by atoms with Crippen LogP contribution in [0.1, 0.15) is 162 Å². The summed E-state index contributed by atoms with van der Waals surface area (Å²) >= 11 is 3.70. The van der Waals surface area contributed by atoms with Crippen molar-refractivity contribution < 1.29 is 4.79 Å². The lowest BCUT2D eigenvalue weighted by Gasteiger charge is -2.29. The van der Waals surface area contributed by atoms with Gasteiger partial charge in [-0.05, 0) is 30.8 Å². The fourth-order valence-electron chi connectivity index (χ4n) is 4.43. The third kappa shape index (κ3) is 20.1. The van der Waals surface area contributed by atoms with Crippen molar-refractivity contribution in [2.45, 2.75) is 166 Å². The fourth-order valence-corrected chi connectivity index (χ4v) is 7.60. The molecule has 0 fully saturated rings. The molecule has 0 saturated heterocycles. The molecule has 2 N–H and O–H groups in total. The van der Waals surface area contributed by atoms with Crippen molar-refractivity contribution in [3.63, 3.8) is 0 Å². The standard InChI is InChI=1S/C29H59NOS2/c1-4-7-9-11-13-15-17-19-21-23-26-32-29(25-6-3,28(30)31)33-27-24-22-20-18-16-14-12-10-8-5-2/h4-27H2,1-3H3,(H2,30,31). The van der Waals surface area contributed by atoms with E-state index < -0.39 is 4.08 Å². The van der Waals surface area contributed by atoms with Gasteiger partial charge in [-0.15, -0.1) is 23.5 Å². The summed E-state index contributed by atoms with van der Waals surface area (Å²) < 4.78 is -0.396. The van der Waals surface area contributed by atoms with Gasteiger partial charge < -0.3 is 5.73 Å². The van der Waals surface area contributed by atoms with E-state index in [1.165, 1.54) is 128 Å². The van der Waals surface area contributed by atoms with E-state index in [1.54, 1.807) is 0 Å². The van der Waals surface area contributed by atoms with Crippen LogP contribution in [0, 0.1) is 0 Å². The number of nitrogens with two attached hydrogens (primary N) is 1. The van der Waals surface area contributed by atoms with E-state index in [0.717, 1.165) is 24.3 Å². The highest BCUT2D eigenvalue weighted by molar-refractivity contribution is 8.19. The Balaban J connectivity index is 3.92. The molecule has 1 amide bonds. The molecule has 0 aromatic carbocycles. The topological polar surface area (TPSA) is 43.1 Å². The molecular formula is C29H59NOS2. The first kappa shape index (κ1) is 33.2. The number of carbonyl (C=O) groups excluding carboxylic acids is 1. The van der Waals surface area contributed by atoms with Crippen molar-refractivity contribution in [1.29, 1.82) is 0 Å². The molecule has 0 unspecified atom stereocenters. The molecule has 0 aromatic heterocycles. The summed E-state index contributed by atoms with van der Waals surface area (Å²) in [6, 6.07) is 0. The Labute approximate surface area is 217 Å². The van der Waals surface area contributed by atoms with E-state index in [0.29, 0.717) is 0 Å². The van der Waals surface area contributed by atoms with Crippen LogP contribution in [0.5, 0.6) is 0 Å². The Hall–Kier alpha value is 0.170. The molecule has 0 rings (SSSR count). The minimum absolute atomic E-state index is 0.0986. The maximum Gasteiger partial charge on any atom is 0.243 e. The summed E-state index contributed by atoms with van der Waals surface area (Å²) in [5, 5.41) is 0. The van der Waals surface area contributed by atoms with Crippen LogP contribution in [0.3, 0.4) is 0 Å². The summed E-state index contributed by atoms with van der Waals surface area (Å²) in [6.07, 6.45) is 29.1. The highest BCUT2D eigenvalue weighted by Crippen LogP contribution is 2.42. The number of thioether (sulfide) groups is 2. The number of amides is 1. The number of carbonyl (C=O) groups is 1. The second-order valence-corrected chi connectivity index (χ2v) is 13.0. The predicted molar refractivity (Wildman–Crippen MR) is 155 cm³/mol. The monoisotopic (exact) mass is 501 g/mol. The molecule has 0 atom stereocenters. The first-order valence-corrected chi connectivity index (χ1v) is 16.7. The summed E-state index contributed by atoms with van der Waals surface area (Å²) in [7, 11) is 0. The highest BCUT2D eigenvalue weighted by atomic mass is 32.2. The van der Waals surface area contributed by atoms with Crippen molar-refractivity contribution in [3.8, 4) is 0 Å². The molecule has 0 aliphatic carbocycles. The Bertz CT molecular complexity index is 390. The molecular weight excluding hydrogens is 442 g/mol. The van der Waals surface area contributed by atoms with E-state index in [9.17, 15) is 4.79 Å². The summed E-state index contributed by atoms with van der Waals surface area (Å²) in [6.45, 7) is 6.74. The second-order valence-electron chi connectivity index (χ2n) is 9.93. The van der Waals surface area contributed by atoms with E-state index in [1.807, 2.05) is 23.5 Å². The Kier molecular flexibility index (Phi) is 25.4. The highest BCUT2D eigenvalue weighted by Gasteiger charge is 2.36. The van der Waals surface area contributed by atoms with Gasteiger partial charge in [0.1, 0.15) is 4.08 Å².